The summed E-state index contributed by atoms with van der Waals surface area (Å²) < 4.78 is 6.41. The van der Waals surface area contributed by atoms with E-state index < -0.39 is 0 Å². The van der Waals surface area contributed by atoms with E-state index in [9.17, 15) is 4.79 Å². The van der Waals surface area contributed by atoms with Crippen LogP contribution in [0.15, 0.2) is 53.0 Å². The standard InChI is InChI=1S/C17H13BrClNO2/c18-14-4-3-5-16(12-14)22-11-2-1-10-20-17(21)13-6-8-15(19)9-7-13/h3-9,12H,10-11H2,(H,20,21). The van der Waals surface area contributed by atoms with Crippen LogP contribution in [0.1, 0.15) is 10.4 Å². The van der Waals surface area contributed by atoms with Crippen molar-refractivity contribution in [3.05, 3.63) is 63.6 Å². The quantitative estimate of drug-likeness (QED) is 0.819. The van der Waals surface area contributed by atoms with Crippen molar-refractivity contribution in [1.29, 1.82) is 0 Å². The molecule has 2 rings (SSSR count). The number of nitrogens with one attached hydrogen (secondary N) is 1. The van der Waals surface area contributed by atoms with Crippen molar-refractivity contribution >= 4 is 33.4 Å². The van der Waals surface area contributed by atoms with Crippen molar-refractivity contribution in [2.75, 3.05) is 13.2 Å². The Bertz CT molecular complexity index is 705. The van der Waals surface area contributed by atoms with E-state index in [1.54, 1.807) is 24.3 Å². The van der Waals surface area contributed by atoms with E-state index in [1.165, 1.54) is 0 Å². The van der Waals surface area contributed by atoms with E-state index in [2.05, 4.69) is 33.1 Å². The summed E-state index contributed by atoms with van der Waals surface area (Å²) in [6, 6.07) is 14.2. The molecule has 0 bridgehead atoms. The average molecular weight is 379 g/mol. The number of carbonyl (C=O) groups excluding carboxylic acids is 1. The van der Waals surface area contributed by atoms with Gasteiger partial charge in [-0.1, -0.05) is 45.4 Å². The summed E-state index contributed by atoms with van der Waals surface area (Å²) in [5.41, 5.74) is 0.552. The Kier molecular flexibility index (Phi) is 6.32. The van der Waals surface area contributed by atoms with Crippen LogP contribution in [0.2, 0.25) is 5.02 Å². The van der Waals surface area contributed by atoms with Gasteiger partial charge in [0.25, 0.3) is 5.91 Å². The van der Waals surface area contributed by atoms with Crippen LogP contribution in [0, 0.1) is 11.8 Å². The molecule has 0 radical (unpaired) electrons. The van der Waals surface area contributed by atoms with Crippen molar-refractivity contribution in [3.8, 4) is 17.6 Å². The predicted molar refractivity (Wildman–Crippen MR) is 91.2 cm³/mol. The van der Waals surface area contributed by atoms with Crippen LogP contribution >= 0.6 is 27.5 Å². The summed E-state index contributed by atoms with van der Waals surface area (Å²) in [5, 5.41) is 3.31. The lowest BCUT2D eigenvalue weighted by atomic mass is 10.2. The van der Waals surface area contributed by atoms with Gasteiger partial charge in [0.15, 0.2) is 0 Å². The first-order valence-corrected chi connectivity index (χ1v) is 7.70. The second-order valence-electron chi connectivity index (χ2n) is 4.29. The van der Waals surface area contributed by atoms with E-state index in [0.29, 0.717) is 10.6 Å². The SMILES string of the molecule is O=C(NCC#CCOc1cccc(Br)c1)c1ccc(Cl)cc1. The van der Waals surface area contributed by atoms with Crippen molar-refractivity contribution in [2.45, 2.75) is 0 Å². The van der Waals surface area contributed by atoms with E-state index >= 15 is 0 Å². The maximum Gasteiger partial charge on any atom is 0.252 e. The number of halogens is 2. The van der Waals surface area contributed by atoms with Crippen LogP contribution in [0.25, 0.3) is 0 Å². The van der Waals surface area contributed by atoms with Crippen LogP contribution < -0.4 is 10.1 Å². The van der Waals surface area contributed by atoms with Crippen molar-refractivity contribution in [3.63, 3.8) is 0 Å². The lowest BCUT2D eigenvalue weighted by molar-refractivity contribution is 0.0958. The fourth-order valence-electron chi connectivity index (χ4n) is 1.62. The molecule has 5 heteroatoms. The Balaban J connectivity index is 1.73. The van der Waals surface area contributed by atoms with Gasteiger partial charge >= 0.3 is 0 Å². The maximum atomic E-state index is 11.8. The zero-order chi connectivity index (χ0) is 15.8. The van der Waals surface area contributed by atoms with Gasteiger partial charge in [-0.2, -0.15) is 0 Å². The summed E-state index contributed by atoms with van der Waals surface area (Å²) in [6.07, 6.45) is 0. The molecule has 0 aliphatic carbocycles. The van der Waals surface area contributed by atoms with Gasteiger partial charge in [0.2, 0.25) is 0 Å². The molecule has 0 aliphatic rings. The molecule has 0 saturated carbocycles. The Labute approximate surface area is 142 Å². The number of ether oxygens (including phenoxy) is 1. The Morgan fingerprint density at radius 1 is 1.18 bits per heavy atom. The summed E-state index contributed by atoms with van der Waals surface area (Å²) in [4.78, 5) is 11.8. The van der Waals surface area contributed by atoms with Gasteiger partial charge < -0.3 is 10.1 Å². The highest BCUT2D eigenvalue weighted by Gasteiger charge is 2.02. The first-order chi connectivity index (χ1) is 10.6. The van der Waals surface area contributed by atoms with E-state index in [4.69, 9.17) is 16.3 Å². The van der Waals surface area contributed by atoms with Crippen LogP contribution in [-0.4, -0.2) is 19.1 Å². The van der Waals surface area contributed by atoms with Gasteiger partial charge in [-0.05, 0) is 42.5 Å². The minimum Gasteiger partial charge on any atom is -0.481 e. The molecule has 0 saturated heterocycles. The molecule has 22 heavy (non-hydrogen) atoms. The van der Waals surface area contributed by atoms with Crippen LogP contribution in [0.5, 0.6) is 5.75 Å². The van der Waals surface area contributed by atoms with Crippen molar-refractivity contribution < 1.29 is 9.53 Å². The minimum atomic E-state index is -0.182. The van der Waals surface area contributed by atoms with Crippen molar-refractivity contribution in [2.24, 2.45) is 0 Å². The van der Waals surface area contributed by atoms with Crippen LogP contribution in [-0.2, 0) is 0 Å². The zero-order valence-electron chi connectivity index (χ0n) is 11.6. The molecule has 1 N–H and O–H groups in total. The molecule has 0 atom stereocenters. The molecule has 3 nitrogen and oxygen atoms in total. The summed E-state index contributed by atoms with van der Waals surface area (Å²) in [6.45, 7) is 0.538. The molecular weight excluding hydrogens is 366 g/mol. The molecule has 0 aromatic heterocycles. The molecule has 0 aliphatic heterocycles. The zero-order valence-corrected chi connectivity index (χ0v) is 13.9. The second-order valence-corrected chi connectivity index (χ2v) is 5.64. The molecular formula is C17H13BrClNO2. The van der Waals surface area contributed by atoms with E-state index in [0.717, 1.165) is 10.2 Å². The van der Waals surface area contributed by atoms with Gasteiger partial charge in [-0.25, -0.2) is 0 Å². The monoisotopic (exact) mass is 377 g/mol. The number of hydrogen-bond donors (Lipinski definition) is 1. The summed E-state index contributed by atoms with van der Waals surface area (Å²) in [7, 11) is 0. The molecule has 0 heterocycles. The normalized spacial score (nSPS) is 9.55. The van der Waals surface area contributed by atoms with Gasteiger partial charge in [-0.15, -0.1) is 0 Å². The number of amides is 1. The Hall–Kier alpha value is -1.96. The fraction of sp³-hybridized carbons (Fsp3) is 0.118. The van der Waals surface area contributed by atoms with Gasteiger partial charge in [0.05, 0.1) is 6.54 Å². The first-order valence-electron chi connectivity index (χ1n) is 6.53. The van der Waals surface area contributed by atoms with Crippen LogP contribution in [0.3, 0.4) is 0 Å². The predicted octanol–water partition coefficient (Wildman–Crippen LogP) is 3.91. The smallest absolute Gasteiger partial charge is 0.252 e. The Morgan fingerprint density at radius 3 is 2.68 bits per heavy atom. The minimum absolute atomic E-state index is 0.182. The number of hydrogen-bond acceptors (Lipinski definition) is 2. The van der Waals surface area contributed by atoms with Gasteiger partial charge in [-0.3, -0.25) is 4.79 Å². The van der Waals surface area contributed by atoms with Crippen molar-refractivity contribution in [1.82, 2.24) is 5.32 Å². The topological polar surface area (TPSA) is 38.3 Å². The largest absolute Gasteiger partial charge is 0.481 e. The maximum absolute atomic E-state index is 11.8. The van der Waals surface area contributed by atoms with Gasteiger partial charge in [0, 0.05) is 15.1 Å². The molecule has 0 spiro atoms. The van der Waals surface area contributed by atoms with E-state index in [1.807, 2.05) is 24.3 Å². The highest BCUT2D eigenvalue weighted by molar-refractivity contribution is 9.10. The second kappa shape index (κ2) is 8.47. The molecule has 112 valence electrons. The molecule has 2 aromatic carbocycles. The summed E-state index contributed by atoms with van der Waals surface area (Å²) in [5.74, 6) is 6.25. The summed E-state index contributed by atoms with van der Waals surface area (Å²) >= 11 is 9.13. The Morgan fingerprint density at radius 2 is 1.95 bits per heavy atom. The molecule has 1 amide bonds. The number of benzene rings is 2. The number of carbonyl (C=O) groups is 1. The highest BCUT2D eigenvalue weighted by atomic mass is 79.9. The van der Waals surface area contributed by atoms with Crippen LogP contribution in [0.4, 0.5) is 0 Å². The third-order valence-corrected chi connectivity index (χ3v) is 3.42. The molecule has 0 unspecified atom stereocenters. The third-order valence-electron chi connectivity index (χ3n) is 2.68. The number of rotatable bonds is 4. The van der Waals surface area contributed by atoms with Gasteiger partial charge in [0.1, 0.15) is 12.4 Å². The third kappa shape index (κ3) is 5.44. The molecule has 2 aromatic rings. The fourth-order valence-corrected chi connectivity index (χ4v) is 2.12. The lowest BCUT2D eigenvalue weighted by Crippen LogP contribution is -2.23. The first kappa shape index (κ1) is 16.4. The highest BCUT2D eigenvalue weighted by Crippen LogP contribution is 2.17. The molecule has 0 fully saturated rings. The van der Waals surface area contributed by atoms with E-state index in [-0.39, 0.29) is 19.1 Å². The lowest BCUT2D eigenvalue weighted by Gasteiger charge is -2.02. The average Bonchev–Trinajstić information content (AvgIpc) is 2.51.